The maximum atomic E-state index is 13.1. The van der Waals surface area contributed by atoms with Gasteiger partial charge in [-0.1, -0.05) is 48.8 Å². The predicted octanol–water partition coefficient (Wildman–Crippen LogP) is 5.06. The zero-order valence-electron chi connectivity index (χ0n) is 18.0. The average Bonchev–Trinajstić information content (AvgIpc) is 2.73. The largest absolute Gasteiger partial charge is 0.444 e. The zero-order chi connectivity index (χ0) is 22.4. The van der Waals surface area contributed by atoms with Crippen LogP contribution in [-0.4, -0.2) is 37.9 Å². The number of piperidine rings is 1. The maximum absolute atomic E-state index is 13.1. The highest BCUT2D eigenvalue weighted by Gasteiger charge is 2.37. The molecule has 0 spiro atoms. The number of hydrogen-bond donors (Lipinski definition) is 0. The van der Waals surface area contributed by atoms with Gasteiger partial charge in [0.1, 0.15) is 6.61 Å². The molecule has 2 aliphatic rings. The van der Waals surface area contributed by atoms with Crippen LogP contribution in [0.25, 0.3) is 0 Å². The number of anilines is 1. The number of sulfonamides is 1. The highest BCUT2D eigenvalue weighted by Crippen LogP contribution is 2.34. The predicted molar refractivity (Wildman–Crippen MR) is 124 cm³/mol. The van der Waals surface area contributed by atoms with E-state index in [0.29, 0.717) is 30.8 Å². The molecule has 31 heavy (non-hydrogen) atoms. The Balaban J connectivity index is 1.49. The second kappa shape index (κ2) is 8.22. The van der Waals surface area contributed by atoms with Crippen LogP contribution < -0.4 is 4.90 Å². The van der Waals surface area contributed by atoms with Gasteiger partial charge in [0.25, 0.3) is 0 Å². The van der Waals surface area contributed by atoms with Crippen LogP contribution in [0.3, 0.4) is 0 Å². The molecule has 0 saturated carbocycles. The first-order chi connectivity index (χ1) is 14.6. The van der Waals surface area contributed by atoms with Crippen molar-refractivity contribution in [3.63, 3.8) is 0 Å². The van der Waals surface area contributed by atoms with Crippen LogP contribution >= 0.6 is 15.9 Å². The number of cyclic esters (lactones) is 1. The van der Waals surface area contributed by atoms with Gasteiger partial charge in [-0.3, -0.25) is 4.90 Å². The molecule has 0 aliphatic carbocycles. The fourth-order valence-corrected chi connectivity index (χ4v) is 6.05. The summed E-state index contributed by atoms with van der Waals surface area (Å²) in [5.41, 5.74) is 2.86. The lowest BCUT2D eigenvalue weighted by atomic mass is 9.87. The monoisotopic (exact) mass is 506 g/mol. The van der Waals surface area contributed by atoms with Crippen LogP contribution in [0.5, 0.6) is 0 Å². The molecule has 2 aliphatic heterocycles. The number of carbonyl (C=O) groups is 1. The van der Waals surface area contributed by atoms with Crippen LogP contribution in [0.1, 0.15) is 44.7 Å². The first-order valence-electron chi connectivity index (χ1n) is 10.4. The van der Waals surface area contributed by atoms with Gasteiger partial charge < -0.3 is 4.74 Å². The number of benzene rings is 2. The highest BCUT2D eigenvalue weighted by atomic mass is 79.9. The van der Waals surface area contributed by atoms with Crippen molar-refractivity contribution >= 4 is 37.7 Å². The average molecular weight is 507 g/mol. The van der Waals surface area contributed by atoms with Crippen molar-refractivity contribution in [2.75, 3.05) is 18.0 Å². The van der Waals surface area contributed by atoms with Gasteiger partial charge in [0.05, 0.1) is 10.6 Å². The second-order valence-corrected chi connectivity index (χ2v) is 12.0. The first-order valence-corrected chi connectivity index (χ1v) is 12.7. The fraction of sp³-hybridized carbons (Fsp3) is 0.435. The van der Waals surface area contributed by atoms with Crippen molar-refractivity contribution in [3.05, 3.63) is 58.1 Å². The molecule has 1 fully saturated rings. The van der Waals surface area contributed by atoms with Gasteiger partial charge in [-0.05, 0) is 54.2 Å². The van der Waals surface area contributed by atoms with E-state index in [1.165, 1.54) is 4.31 Å². The number of hydrogen-bond acceptors (Lipinski definition) is 4. The second-order valence-electron chi connectivity index (χ2n) is 9.11. The van der Waals surface area contributed by atoms with E-state index in [1.807, 2.05) is 30.3 Å². The summed E-state index contributed by atoms with van der Waals surface area (Å²) in [6, 6.07) is 12.8. The van der Waals surface area contributed by atoms with E-state index in [4.69, 9.17) is 4.74 Å². The van der Waals surface area contributed by atoms with Crippen LogP contribution in [-0.2, 0) is 26.8 Å². The standard InChI is InChI=1S/C23H27BrN2O4S/c1-23(2,3)17-4-7-20(8-5-17)31(28,29)25-12-10-19(11-13-25)26-21-9-6-18(24)14-16(21)15-30-22(26)27/h4-9,14,19H,10-13,15H2,1-3H3. The quantitative estimate of drug-likeness (QED) is 0.583. The van der Waals surface area contributed by atoms with E-state index in [2.05, 4.69) is 36.7 Å². The number of nitrogens with zero attached hydrogens (tertiary/aromatic N) is 2. The molecule has 6 nitrogen and oxygen atoms in total. The Kier molecular flexibility index (Phi) is 5.91. The molecule has 8 heteroatoms. The molecule has 0 aromatic heterocycles. The van der Waals surface area contributed by atoms with Crippen LogP contribution in [0, 0.1) is 0 Å². The van der Waals surface area contributed by atoms with Gasteiger partial charge in [-0.25, -0.2) is 13.2 Å². The van der Waals surface area contributed by atoms with E-state index < -0.39 is 10.0 Å². The van der Waals surface area contributed by atoms with E-state index in [1.54, 1.807) is 17.0 Å². The number of rotatable bonds is 3. The van der Waals surface area contributed by atoms with Gasteiger partial charge in [0.15, 0.2) is 0 Å². The lowest BCUT2D eigenvalue weighted by molar-refractivity contribution is 0.135. The van der Waals surface area contributed by atoms with E-state index >= 15 is 0 Å². The minimum atomic E-state index is -3.57. The summed E-state index contributed by atoms with van der Waals surface area (Å²) in [5, 5.41) is 0. The van der Waals surface area contributed by atoms with Crippen molar-refractivity contribution in [3.8, 4) is 0 Å². The molecule has 0 unspecified atom stereocenters. The molecular weight excluding hydrogens is 480 g/mol. The van der Waals surface area contributed by atoms with E-state index in [-0.39, 0.29) is 24.2 Å². The summed E-state index contributed by atoms with van der Waals surface area (Å²) in [4.78, 5) is 14.5. The Labute approximate surface area is 192 Å². The Morgan fingerprint density at radius 3 is 2.29 bits per heavy atom. The van der Waals surface area contributed by atoms with Crippen molar-refractivity contribution < 1.29 is 17.9 Å². The fourth-order valence-electron chi connectivity index (χ4n) is 4.17. The summed E-state index contributed by atoms with van der Waals surface area (Å²) in [6.45, 7) is 7.28. The highest BCUT2D eigenvalue weighted by molar-refractivity contribution is 9.10. The third-order valence-electron chi connectivity index (χ3n) is 6.00. The van der Waals surface area contributed by atoms with Crippen LogP contribution in [0.15, 0.2) is 51.8 Å². The lowest BCUT2D eigenvalue weighted by Crippen LogP contribution is -2.50. The third kappa shape index (κ3) is 4.38. The molecule has 0 N–H and O–H groups in total. The summed E-state index contributed by atoms with van der Waals surface area (Å²) >= 11 is 3.46. The molecule has 0 radical (unpaired) electrons. The van der Waals surface area contributed by atoms with E-state index in [0.717, 1.165) is 21.3 Å². The Hall–Kier alpha value is -1.90. The lowest BCUT2D eigenvalue weighted by Gasteiger charge is -2.39. The number of ether oxygens (including phenoxy) is 1. The van der Waals surface area contributed by atoms with E-state index in [9.17, 15) is 13.2 Å². The Morgan fingerprint density at radius 1 is 1.03 bits per heavy atom. The zero-order valence-corrected chi connectivity index (χ0v) is 20.4. The molecule has 166 valence electrons. The molecule has 0 atom stereocenters. The van der Waals surface area contributed by atoms with Gasteiger partial charge >= 0.3 is 6.09 Å². The number of amides is 1. The smallest absolute Gasteiger partial charge is 0.414 e. The molecule has 4 rings (SSSR count). The maximum Gasteiger partial charge on any atom is 0.414 e. The van der Waals surface area contributed by atoms with Gasteiger partial charge in [-0.2, -0.15) is 4.31 Å². The molecule has 2 aromatic carbocycles. The Bertz CT molecular complexity index is 1090. The summed E-state index contributed by atoms with van der Waals surface area (Å²) in [6.07, 6.45) is 0.752. The normalized spacial score (nSPS) is 18.6. The molecule has 2 heterocycles. The summed E-state index contributed by atoms with van der Waals surface area (Å²) in [7, 11) is -3.57. The summed E-state index contributed by atoms with van der Waals surface area (Å²) < 4.78 is 34.1. The number of carbonyl (C=O) groups excluding carboxylic acids is 1. The Morgan fingerprint density at radius 2 is 1.68 bits per heavy atom. The number of fused-ring (bicyclic) bond motifs is 1. The SMILES string of the molecule is CC(C)(C)c1ccc(S(=O)(=O)N2CCC(N3C(=O)OCc4cc(Br)ccc43)CC2)cc1. The van der Waals surface area contributed by atoms with Gasteiger partial charge in [0.2, 0.25) is 10.0 Å². The first kappa shape index (κ1) is 22.3. The molecular formula is C23H27BrN2O4S. The number of halogens is 1. The van der Waals surface area contributed by atoms with Crippen molar-refractivity contribution in [1.82, 2.24) is 4.31 Å². The molecule has 2 aromatic rings. The van der Waals surface area contributed by atoms with Crippen molar-refractivity contribution in [2.24, 2.45) is 0 Å². The van der Waals surface area contributed by atoms with Gasteiger partial charge in [0, 0.05) is 29.2 Å². The topological polar surface area (TPSA) is 66.9 Å². The van der Waals surface area contributed by atoms with Crippen molar-refractivity contribution in [2.45, 2.75) is 56.6 Å². The molecule has 0 bridgehead atoms. The molecule has 1 saturated heterocycles. The minimum Gasteiger partial charge on any atom is -0.444 e. The van der Waals surface area contributed by atoms with Gasteiger partial charge in [-0.15, -0.1) is 0 Å². The molecule has 1 amide bonds. The third-order valence-corrected chi connectivity index (χ3v) is 8.40. The van der Waals surface area contributed by atoms with Crippen LogP contribution in [0.2, 0.25) is 0 Å². The van der Waals surface area contributed by atoms with Crippen LogP contribution in [0.4, 0.5) is 10.5 Å². The summed E-state index contributed by atoms with van der Waals surface area (Å²) in [5.74, 6) is 0. The minimum absolute atomic E-state index is 0.0322. The van der Waals surface area contributed by atoms with Crippen molar-refractivity contribution in [1.29, 1.82) is 0 Å².